The van der Waals surface area contributed by atoms with E-state index >= 15 is 0 Å². The van der Waals surface area contributed by atoms with Gasteiger partial charge in [-0.3, -0.25) is 18.7 Å². The monoisotopic (exact) mass is 445 g/mol. The van der Waals surface area contributed by atoms with Crippen molar-refractivity contribution in [2.24, 2.45) is 0 Å². The molecule has 7 atom stereocenters. The van der Waals surface area contributed by atoms with Gasteiger partial charge in [-0.25, -0.2) is 10.0 Å². The number of Topliss-reactive ketones (excluding diaryl/α,β-unsaturated/α-hetero) is 1. The van der Waals surface area contributed by atoms with Crippen LogP contribution in [-0.2, 0) is 37.5 Å². The molecule has 0 bridgehead atoms. The molecule has 0 spiro atoms. The molecule has 0 aliphatic carbocycles. The summed E-state index contributed by atoms with van der Waals surface area (Å²) in [6, 6.07) is -1.43. The fraction of sp³-hybridized carbons (Fsp3) is 0.941. The number of ketones is 1. The molecular weight excluding hydrogens is 415 g/mol. The van der Waals surface area contributed by atoms with E-state index in [2.05, 4.69) is 5.48 Å². The van der Waals surface area contributed by atoms with Crippen molar-refractivity contribution in [3.8, 4) is 0 Å². The fourth-order valence-corrected chi connectivity index (χ4v) is 4.64. The average molecular weight is 445 g/mol. The first kappa shape index (κ1) is 26.0. The van der Waals surface area contributed by atoms with Gasteiger partial charge in [-0.05, 0) is 19.3 Å². The van der Waals surface area contributed by atoms with Crippen LogP contribution >= 0.6 is 7.82 Å². The molecule has 2 N–H and O–H groups in total. The number of hydrogen-bond donors (Lipinski definition) is 2. The molecule has 3 unspecified atom stereocenters. The van der Waals surface area contributed by atoms with Crippen molar-refractivity contribution >= 4 is 29.3 Å². The van der Waals surface area contributed by atoms with Gasteiger partial charge in [0.1, 0.15) is 34.0 Å². The summed E-state index contributed by atoms with van der Waals surface area (Å²) in [7, 11) is 10.0. The van der Waals surface area contributed by atoms with Gasteiger partial charge in [0.25, 0.3) is 0 Å². The molecule has 0 aromatic heterocycles. The number of carbonyl (C=O) groups is 1. The molecule has 2 fully saturated rings. The lowest BCUT2D eigenvalue weighted by Gasteiger charge is -2.33. The Kier molecular flexibility index (Phi) is 9.99. The van der Waals surface area contributed by atoms with E-state index in [1.807, 2.05) is 6.92 Å². The summed E-state index contributed by atoms with van der Waals surface area (Å²) in [5, 5.41) is 0. The highest BCUT2D eigenvalue weighted by Crippen LogP contribution is 2.50. The summed E-state index contributed by atoms with van der Waals surface area (Å²) in [5.41, 5.74) is 0.965. The van der Waals surface area contributed by atoms with Crippen molar-refractivity contribution in [2.45, 2.75) is 74.9 Å². The number of carbonyl (C=O) groups excluding carboxylic acids is 1. The van der Waals surface area contributed by atoms with Crippen molar-refractivity contribution in [3.63, 3.8) is 0 Å². The molecular formula is C17H30B2NO9P. The first-order valence-electron chi connectivity index (χ1n) is 10.0. The highest BCUT2D eigenvalue weighted by Gasteiger charge is 2.55. The maximum absolute atomic E-state index is 12.9. The lowest BCUT2D eigenvalue weighted by Crippen LogP contribution is -2.52. The SMILES string of the molecule is [B][C@H]1CC(ONC)[C@@H](COP(=O)(O)OC2C[C@H]([B])O[C@@]2(COC)C(=O)CCCC)O1. The molecule has 0 amide bonds. The average Bonchev–Trinajstić information content (AvgIpc) is 3.18. The highest BCUT2D eigenvalue weighted by molar-refractivity contribution is 7.47. The first-order valence-corrected chi connectivity index (χ1v) is 11.5. The molecule has 4 radical (unpaired) electrons. The number of hydroxylamine groups is 1. The van der Waals surface area contributed by atoms with Crippen LogP contribution in [0, 0.1) is 0 Å². The van der Waals surface area contributed by atoms with Crippen LogP contribution in [-0.4, -0.2) is 89.7 Å². The van der Waals surface area contributed by atoms with E-state index in [1.54, 1.807) is 7.05 Å². The standard InChI is InChI=1S/C17H30B2NO9P/c1-4-5-6-13(21)17(10-24-3)14(8-16(19)27-17)29-30(22,23)25-9-12-11(28-20-2)7-15(18)26-12/h11-12,14-16,20H,4-10H2,1-3H3,(H,22,23)/t11?,12-,14?,15-,16-,17+/m1/s1. The van der Waals surface area contributed by atoms with Gasteiger partial charge in [0, 0.05) is 32.6 Å². The minimum absolute atomic E-state index is 0.0332. The first-order chi connectivity index (χ1) is 14.2. The van der Waals surface area contributed by atoms with Crippen LogP contribution in [0.3, 0.4) is 0 Å². The third-order valence-electron chi connectivity index (χ3n) is 5.08. The quantitative estimate of drug-likeness (QED) is 0.233. The zero-order valence-electron chi connectivity index (χ0n) is 17.7. The van der Waals surface area contributed by atoms with Crippen LogP contribution in [0.15, 0.2) is 0 Å². The number of hydrogen-bond acceptors (Lipinski definition) is 9. The van der Waals surface area contributed by atoms with E-state index in [9.17, 15) is 14.3 Å². The molecule has 10 nitrogen and oxygen atoms in total. The summed E-state index contributed by atoms with van der Waals surface area (Å²) in [6.45, 7) is 1.49. The zero-order chi connectivity index (χ0) is 22.4. The fourth-order valence-electron chi connectivity index (χ4n) is 3.67. The third-order valence-corrected chi connectivity index (χ3v) is 6.07. The second-order valence-electron chi connectivity index (χ2n) is 7.41. The Morgan fingerprint density at radius 3 is 2.70 bits per heavy atom. The number of unbranched alkanes of at least 4 members (excludes halogenated alkanes) is 1. The van der Waals surface area contributed by atoms with Crippen LogP contribution in [0.2, 0.25) is 0 Å². The Hall–Kier alpha value is -0.290. The lowest BCUT2D eigenvalue weighted by atomic mass is 9.88. The molecule has 13 heteroatoms. The molecule has 30 heavy (non-hydrogen) atoms. The summed E-state index contributed by atoms with van der Waals surface area (Å²) in [5.74, 6) is -0.295. The van der Waals surface area contributed by atoms with E-state index in [0.29, 0.717) is 12.8 Å². The van der Waals surface area contributed by atoms with Crippen molar-refractivity contribution in [1.82, 2.24) is 5.48 Å². The number of methoxy groups -OCH3 is 1. The van der Waals surface area contributed by atoms with Crippen LogP contribution in [0.4, 0.5) is 0 Å². The smallest absolute Gasteiger partial charge is 0.381 e. The van der Waals surface area contributed by atoms with Crippen molar-refractivity contribution in [1.29, 1.82) is 0 Å². The molecule has 0 saturated carbocycles. The Balaban J connectivity index is 2.06. The Morgan fingerprint density at radius 2 is 2.07 bits per heavy atom. The minimum atomic E-state index is -4.60. The maximum atomic E-state index is 12.9. The molecule has 2 rings (SSSR count). The Bertz CT molecular complexity index is 616. The molecule has 168 valence electrons. The van der Waals surface area contributed by atoms with E-state index in [1.165, 1.54) is 7.11 Å². The van der Waals surface area contributed by atoms with Gasteiger partial charge >= 0.3 is 7.82 Å². The van der Waals surface area contributed by atoms with E-state index in [0.717, 1.165) is 6.42 Å². The van der Waals surface area contributed by atoms with Gasteiger partial charge in [-0.1, -0.05) is 13.3 Å². The van der Waals surface area contributed by atoms with Crippen molar-refractivity contribution in [2.75, 3.05) is 27.4 Å². The molecule has 0 aromatic rings. The van der Waals surface area contributed by atoms with Gasteiger partial charge in [0.15, 0.2) is 11.4 Å². The van der Waals surface area contributed by atoms with Gasteiger partial charge in [0.2, 0.25) is 0 Å². The number of rotatable bonds is 13. The normalized spacial score (nSPS) is 36.1. The predicted molar refractivity (Wildman–Crippen MR) is 108 cm³/mol. The lowest BCUT2D eigenvalue weighted by molar-refractivity contribution is -0.157. The molecule has 2 aliphatic heterocycles. The van der Waals surface area contributed by atoms with Gasteiger partial charge in [0.05, 0.1) is 13.2 Å². The Labute approximate surface area is 180 Å². The third kappa shape index (κ3) is 6.60. The summed E-state index contributed by atoms with van der Waals surface area (Å²) < 4.78 is 39.4. The summed E-state index contributed by atoms with van der Waals surface area (Å²) >= 11 is 0. The van der Waals surface area contributed by atoms with Gasteiger partial charge in [-0.15, -0.1) is 0 Å². The number of phosphoric ester groups is 1. The molecule has 2 heterocycles. The van der Waals surface area contributed by atoms with Gasteiger partial charge < -0.3 is 19.1 Å². The highest BCUT2D eigenvalue weighted by atomic mass is 31.2. The number of nitrogens with one attached hydrogen (secondary N) is 1. The number of ether oxygens (including phenoxy) is 3. The summed E-state index contributed by atoms with van der Waals surface area (Å²) in [6.07, 6.45) is -0.179. The molecule has 2 saturated heterocycles. The predicted octanol–water partition coefficient (Wildman–Crippen LogP) is 0.351. The Morgan fingerprint density at radius 1 is 1.33 bits per heavy atom. The van der Waals surface area contributed by atoms with E-state index in [4.69, 9.17) is 43.8 Å². The van der Waals surface area contributed by atoms with Crippen LogP contribution in [0.1, 0.15) is 39.0 Å². The van der Waals surface area contributed by atoms with Crippen LogP contribution in [0.5, 0.6) is 0 Å². The largest absolute Gasteiger partial charge is 0.472 e. The second-order valence-corrected chi connectivity index (χ2v) is 8.81. The van der Waals surface area contributed by atoms with E-state index in [-0.39, 0.29) is 31.8 Å². The topological polar surface area (TPSA) is 122 Å². The summed E-state index contributed by atoms with van der Waals surface area (Å²) in [4.78, 5) is 28.4. The molecule has 0 aromatic carbocycles. The minimum Gasteiger partial charge on any atom is -0.381 e. The van der Waals surface area contributed by atoms with Gasteiger partial charge in [-0.2, -0.15) is 0 Å². The van der Waals surface area contributed by atoms with Crippen LogP contribution in [0.25, 0.3) is 0 Å². The van der Waals surface area contributed by atoms with Crippen LogP contribution < -0.4 is 5.48 Å². The molecule has 2 aliphatic rings. The second kappa shape index (κ2) is 11.5. The number of phosphoric acid groups is 1. The van der Waals surface area contributed by atoms with Crippen molar-refractivity contribution in [3.05, 3.63) is 0 Å². The van der Waals surface area contributed by atoms with Crippen molar-refractivity contribution < 1.29 is 42.3 Å². The zero-order valence-corrected chi connectivity index (χ0v) is 18.5. The van der Waals surface area contributed by atoms with E-state index < -0.39 is 43.7 Å². The maximum Gasteiger partial charge on any atom is 0.472 e.